The van der Waals surface area contributed by atoms with Gasteiger partial charge in [0, 0.05) is 18.8 Å². The van der Waals surface area contributed by atoms with Gasteiger partial charge in [-0.2, -0.15) is 0 Å². The number of hydrogen-bond acceptors (Lipinski definition) is 7. The number of hydrogen-bond donors (Lipinski definition) is 4. The van der Waals surface area contributed by atoms with E-state index in [4.69, 9.17) is 19.3 Å². The SMILES string of the molecule is COc1cc(CC(=O)NCC(=O)N(CCC(=O)O)Cc2ccc(OC)c(OC)c2)ccc1NC(=O)Nc1ccccc1C. The number of nitrogens with one attached hydrogen (secondary N) is 3. The zero-order valence-corrected chi connectivity index (χ0v) is 24.6. The Morgan fingerprint density at radius 3 is 2.12 bits per heavy atom. The number of benzene rings is 3. The van der Waals surface area contributed by atoms with Gasteiger partial charge in [0.25, 0.3) is 0 Å². The zero-order valence-electron chi connectivity index (χ0n) is 24.6. The van der Waals surface area contributed by atoms with E-state index in [1.165, 1.54) is 26.2 Å². The third kappa shape index (κ3) is 9.66. The number of urea groups is 1. The predicted octanol–water partition coefficient (Wildman–Crippen LogP) is 3.83. The largest absolute Gasteiger partial charge is 0.495 e. The number of amides is 4. The van der Waals surface area contributed by atoms with Crippen molar-refractivity contribution in [2.75, 3.05) is 45.1 Å². The maximum atomic E-state index is 13.0. The summed E-state index contributed by atoms with van der Waals surface area (Å²) in [6.07, 6.45) is -0.305. The van der Waals surface area contributed by atoms with Crippen LogP contribution in [0.2, 0.25) is 0 Å². The normalized spacial score (nSPS) is 10.3. The molecule has 4 amide bonds. The molecule has 0 unspecified atom stereocenters. The van der Waals surface area contributed by atoms with Crippen LogP contribution in [0.5, 0.6) is 17.2 Å². The molecule has 3 aromatic carbocycles. The van der Waals surface area contributed by atoms with Crippen LogP contribution in [0.15, 0.2) is 60.7 Å². The van der Waals surface area contributed by atoms with E-state index in [0.717, 1.165) is 5.56 Å². The molecule has 12 heteroatoms. The minimum absolute atomic E-state index is 0.0402. The Labute approximate surface area is 249 Å². The second-order valence-electron chi connectivity index (χ2n) is 9.53. The molecule has 0 spiro atoms. The molecule has 3 rings (SSSR count). The summed E-state index contributed by atoms with van der Waals surface area (Å²) in [6.45, 7) is 1.64. The van der Waals surface area contributed by atoms with E-state index in [1.54, 1.807) is 42.5 Å². The number of carbonyl (C=O) groups is 4. The summed E-state index contributed by atoms with van der Waals surface area (Å²) in [5, 5.41) is 17.3. The minimum Gasteiger partial charge on any atom is -0.495 e. The highest BCUT2D eigenvalue weighted by Gasteiger charge is 2.18. The molecule has 0 atom stereocenters. The summed E-state index contributed by atoms with van der Waals surface area (Å²) >= 11 is 0. The van der Waals surface area contributed by atoms with Gasteiger partial charge < -0.3 is 40.2 Å². The third-order valence-corrected chi connectivity index (χ3v) is 6.48. The Balaban J connectivity index is 1.59. The van der Waals surface area contributed by atoms with Crippen LogP contribution in [-0.2, 0) is 27.3 Å². The van der Waals surface area contributed by atoms with Crippen molar-refractivity contribution in [3.8, 4) is 17.2 Å². The van der Waals surface area contributed by atoms with E-state index in [2.05, 4.69) is 16.0 Å². The van der Waals surface area contributed by atoms with Crippen LogP contribution < -0.4 is 30.2 Å². The van der Waals surface area contributed by atoms with Crippen LogP contribution in [-0.4, -0.2) is 68.2 Å². The van der Waals surface area contributed by atoms with Crippen LogP contribution in [0, 0.1) is 6.92 Å². The van der Waals surface area contributed by atoms with Gasteiger partial charge in [-0.25, -0.2) is 4.79 Å². The summed E-state index contributed by atoms with van der Waals surface area (Å²) in [5.74, 6) is -0.556. The number of aliphatic carboxylic acids is 1. The molecule has 4 N–H and O–H groups in total. The smallest absolute Gasteiger partial charge is 0.323 e. The topological polar surface area (TPSA) is 156 Å². The lowest BCUT2D eigenvalue weighted by Gasteiger charge is -2.23. The molecule has 0 aliphatic heterocycles. The maximum Gasteiger partial charge on any atom is 0.323 e. The quantitative estimate of drug-likeness (QED) is 0.220. The maximum absolute atomic E-state index is 13.0. The molecule has 0 heterocycles. The number of nitrogens with zero attached hydrogens (tertiary/aromatic N) is 1. The monoisotopic (exact) mass is 592 g/mol. The Kier molecular flexibility index (Phi) is 11.7. The van der Waals surface area contributed by atoms with Crippen molar-refractivity contribution in [1.29, 1.82) is 0 Å². The van der Waals surface area contributed by atoms with Gasteiger partial charge in [0.1, 0.15) is 5.75 Å². The number of methoxy groups -OCH3 is 3. The first-order valence-electron chi connectivity index (χ1n) is 13.4. The summed E-state index contributed by atoms with van der Waals surface area (Å²) in [6, 6.07) is 17.0. The van der Waals surface area contributed by atoms with Crippen molar-refractivity contribution in [1.82, 2.24) is 10.2 Å². The Morgan fingerprint density at radius 1 is 0.791 bits per heavy atom. The molecule has 12 nitrogen and oxygen atoms in total. The average Bonchev–Trinajstić information content (AvgIpc) is 2.99. The van der Waals surface area contributed by atoms with Crippen molar-refractivity contribution in [3.05, 3.63) is 77.4 Å². The number of aryl methyl sites for hydroxylation is 1. The Hall–Kier alpha value is -5.26. The second kappa shape index (κ2) is 15.7. The number of carbonyl (C=O) groups excluding carboxylic acids is 3. The van der Waals surface area contributed by atoms with E-state index in [9.17, 15) is 19.2 Å². The van der Waals surface area contributed by atoms with Crippen molar-refractivity contribution in [2.24, 2.45) is 0 Å². The Bertz CT molecular complexity index is 1460. The third-order valence-electron chi connectivity index (χ3n) is 6.48. The molecule has 43 heavy (non-hydrogen) atoms. The fraction of sp³-hybridized carbons (Fsp3) is 0.290. The summed E-state index contributed by atoms with van der Waals surface area (Å²) < 4.78 is 16.0. The van der Waals surface area contributed by atoms with Crippen LogP contribution in [0.3, 0.4) is 0 Å². The molecule has 0 aliphatic carbocycles. The lowest BCUT2D eigenvalue weighted by atomic mass is 10.1. The number of para-hydroxylation sites is 1. The fourth-order valence-electron chi connectivity index (χ4n) is 4.19. The number of carboxylic acid groups (broad SMARTS) is 1. The van der Waals surface area contributed by atoms with Crippen molar-refractivity contribution in [2.45, 2.75) is 26.3 Å². The molecule has 0 aliphatic rings. The molecule has 0 aromatic heterocycles. The van der Waals surface area contributed by atoms with Crippen LogP contribution in [0.1, 0.15) is 23.1 Å². The van der Waals surface area contributed by atoms with Gasteiger partial charge in [-0.05, 0) is 53.9 Å². The van der Waals surface area contributed by atoms with Gasteiger partial charge in [-0.15, -0.1) is 0 Å². The standard InChI is InChI=1S/C31H36N4O8/c1-20-7-5-6-8-23(20)33-31(40)34-24-11-9-21(15-26(24)42-3)17-28(36)32-18-29(37)35(14-13-30(38)39)19-22-10-12-25(41-2)27(16-22)43-4/h5-12,15-16H,13-14,17-19H2,1-4H3,(H,32,36)(H,38,39)(H2,33,34,40). The molecule has 0 saturated carbocycles. The van der Waals surface area contributed by atoms with E-state index >= 15 is 0 Å². The lowest BCUT2D eigenvalue weighted by molar-refractivity contribution is -0.139. The van der Waals surface area contributed by atoms with E-state index < -0.39 is 23.8 Å². The second-order valence-corrected chi connectivity index (χ2v) is 9.53. The average molecular weight is 593 g/mol. The first-order chi connectivity index (χ1) is 20.6. The molecular formula is C31H36N4O8. The van der Waals surface area contributed by atoms with Gasteiger partial charge in [0.15, 0.2) is 11.5 Å². The molecule has 0 saturated heterocycles. The molecule has 228 valence electrons. The fourth-order valence-corrected chi connectivity index (χ4v) is 4.19. The zero-order chi connectivity index (χ0) is 31.4. The molecule has 3 aromatic rings. The number of carboxylic acids is 1. The molecule has 0 bridgehead atoms. The highest BCUT2D eigenvalue weighted by Crippen LogP contribution is 2.28. The van der Waals surface area contributed by atoms with Crippen LogP contribution in [0.4, 0.5) is 16.2 Å². The minimum atomic E-state index is -1.05. The highest BCUT2D eigenvalue weighted by molar-refractivity contribution is 6.01. The summed E-state index contributed by atoms with van der Waals surface area (Å²) in [7, 11) is 4.45. The first kappa shape index (κ1) is 32.3. The predicted molar refractivity (Wildman–Crippen MR) is 161 cm³/mol. The summed E-state index contributed by atoms with van der Waals surface area (Å²) in [4.78, 5) is 50.7. The van der Waals surface area contributed by atoms with E-state index in [1.807, 2.05) is 25.1 Å². The van der Waals surface area contributed by atoms with E-state index in [-0.39, 0.29) is 32.5 Å². The van der Waals surface area contributed by atoms with Gasteiger partial charge in [0.05, 0.1) is 46.4 Å². The van der Waals surface area contributed by atoms with Crippen molar-refractivity contribution < 1.29 is 38.5 Å². The summed E-state index contributed by atoms with van der Waals surface area (Å²) in [5.41, 5.74) is 3.30. The van der Waals surface area contributed by atoms with E-state index in [0.29, 0.717) is 39.8 Å². The number of rotatable bonds is 14. The molecule has 0 fully saturated rings. The lowest BCUT2D eigenvalue weighted by Crippen LogP contribution is -2.41. The van der Waals surface area contributed by atoms with Gasteiger partial charge in [0.2, 0.25) is 11.8 Å². The van der Waals surface area contributed by atoms with Crippen molar-refractivity contribution >= 4 is 35.2 Å². The Morgan fingerprint density at radius 2 is 1.44 bits per heavy atom. The van der Waals surface area contributed by atoms with Gasteiger partial charge in [-0.1, -0.05) is 30.3 Å². The first-order valence-corrected chi connectivity index (χ1v) is 13.4. The van der Waals surface area contributed by atoms with Crippen LogP contribution >= 0.6 is 0 Å². The number of anilines is 2. The molecule has 0 radical (unpaired) electrons. The highest BCUT2D eigenvalue weighted by atomic mass is 16.5. The van der Waals surface area contributed by atoms with Gasteiger partial charge >= 0.3 is 12.0 Å². The number of ether oxygens (including phenoxy) is 3. The van der Waals surface area contributed by atoms with Crippen molar-refractivity contribution in [3.63, 3.8) is 0 Å². The van der Waals surface area contributed by atoms with Crippen LogP contribution in [0.25, 0.3) is 0 Å². The van der Waals surface area contributed by atoms with Gasteiger partial charge in [-0.3, -0.25) is 14.4 Å². The molecular weight excluding hydrogens is 556 g/mol.